The molecule has 0 saturated carbocycles. The Bertz CT molecular complexity index is 469. The van der Waals surface area contributed by atoms with Gasteiger partial charge in [0.25, 0.3) is 0 Å². The quantitative estimate of drug-likeness (QED) is 0.420. The van der Waals surface area contributed by atoms with Gasteiger partial charge in [-0.15, -0.1) is 0 Å². The molecule has 1 rings (SSSR count). The third-order valence-corrected chi connectivity index (χ3v) is 1.83. The molecule has 5 nitrogen and oxygen atoms in total. The van der Waals surface area contributed by atoms with Crippen LogP contribution in [0.5, 0.6) is 0 Å². The molecule has 1 aromatic rings. The Morgan fingerprint density at radius 3 is 2.59 bits per heavy atom. The number of carbonyl (C=O) groups is 1. The van der Waals surface area contributed by atoms with Crippen molar-refractivity contribution in [2.75, 3.05) is 0 Å². The topological polar surface area (TPSA) is 87.7 Å². The fraction of sp³-hybridized carbons (Fsp3) is 0. The number of nitrogens with one attached hydrogen (secondary N) is 1. The van der Waals surface area contributed by atoms with E-state index in [4.69, 9.17) is 10.8 Å². The van der Waals surface area contributed by atoms with Crippen LogP contribution in [0.3, 0.4) is 0 Å². The molecule has 0 aromatic heterocycles. The highest BCUT2D eigenvalue weighted by molar-refractivity contribution is 7.80. The van der Waals surface area contributed by atoms with E-state index in [-0.39, 0.29) is 10.8 Å². The Hall–Kier alpha value is -2.21. The van der Waals surface area contributed by atoms with Gasteiger partial charge in [-0.25, -0.2) is 4.79 Å². The van der Waals surface area contributed by atoms with Gasteiger partial charge in [-0.1, -0.05) is 36.4 Å². The SMILES string of the molecule is NC(=S)NN=C(C=Cc1ccccc1)C(=O)O. The normalized spacial score (nSPS) is 11.4. The monoisotopic (exact) mass is 249 g/mol. The molecule has 6 heteroatoms. The maximum absolute atomic E-state index is 10.8. The second-order valence-corrected chi connectivity index (χ2v) is 3.46. The van der Waals surface area contributed by atoms with Gasteiger partial charge in [0.1, 0.15) is 0 Å². The van der Waals surface area contributed by atoms with E-state index in [1.165, 1.54) is 6.08 Å². The summed E-state index contributed by atoms with van der Waals surface area (Å²) < 4.78 is 0. The summed E-state index contributed by atoms with van der Waals surface area (Å²) in [6.45, 7) is 0. The first-order valence-corrected chi connectivity index (χ1v) is 5.10. The summed E-state index contributed by atoms with van der Waals surface area (Å²) in [5.74, 6) is -1.17. The number of hydrazone groups is 1. The van der Waals surface area contributed by atoms with Gasteiger partial charge in [0, 0.05) is 0 Å². The molecule has 0 aliphatic rings. The minimum absolute atomic E-state index is 0.0862. The molecular weight excluding hydrogens is 238 g/mol. The van der Waals surface area contributed by atoms with Crippen molar-refractivity contribution in [3.8, 4) is 0 Å². The number of nitrogens with two attached hydrogens (primary N) is 1. The predicted molar refractivity (Wildman–Crippen MR) is 70.5 cm³/mol. The molecule has 0 radical (unpaired) electrons. The van der Waals surface area contributed by atoms with Crippen LogP contribution in [0, 0.1) is 0 Å². The van der Waals surface area contributed by atoms with Gasteiger partial charge in [-0.2, -0.15) is 5.10 Å². The van der Waals surface area contributed by atoms with Crippen molar-refractivity contribution < 1.29 is 9.90 Å². The summed E-state index contributed by atoms with van der Waals surface area (Å²) in [5, 5.41) is 12.3. The zero-order chi connectivity index (χ0) is 12.7. The van der Waals surface area contributed by atoms with Crippen LogP contribution in [0.25, 0.3) is 6.08 Å². The fourth-order valence-corrected chi connectivity index (χ4v) is 1.06. The summed E-state index contributed by atoms with van der Waals surface area (Å²) in [5.41, 5.74) is 8.07. The third-order valence-electron chi connectivity index (χ3n) is 1.74. The summed E-state index contributed by atoms with van der Waals surface area (Å²) >= 11 is 4.52. The molecule has 1 aromatic carbocycles. The number of hydrogen-bond donors (Lipinski definition) is 3. The van der Waals surface area contributed by atoms with Gasteiger partial charge >= 0.3 is 5.97 Å². The van der Waals surface area contributed by atoms with Crippen molar-refractivity contribution in [3.05, 3.63) is 42.0 Å². The van der Waals surface area contributed by atoms with E-state index < -0.39 is 5.97 Å². The van der Waals surface area contributed by atoms with E-state index in [1.807, 2.05) is 30.3 Å². The number of nitrogens with zero attached hydrogens (tertiary/aromatic N) is 1. The van der Waals surface area contributed by atoms with Crippen LogP contribution in [0.2, 0.25) is 0 Å². The first-order chi connectivity index (χ1) is 8.09. The summed E-state index contributed by atoms with van der Waals surface area (Å²) in [4.78, 5) is 10.8. The van der Waals surface area contributed by atoms with Crippen molar-refractivity contribution in [3.63, 3.8) is 0 Å². The summed E-state index contributed by atoms with van der Waals surface area (Å²) in [7, 11) is 0. The smallest absolute Gasteiger partial charge is 0.356 e. The number of thiocarbonyl (C=S) groups is 1. The van der Waals surface area contributed by atoms with Crippen molar-refractivity contribution in [2.45, 2.75) is 0 Å². The zero-order valence-corrected chi connectivity index (χ0v) is 9.65. The van der Waals surface area contributed by atoms with Crippen LogP contribution in [-0.4, -0.2) is 21.9 Å². The van der Waals surface area contributed by atoms with Crippen LogP contribution in [0.4, 0.5) is 0 Å². The molecule has 0 heterocycles. The summed E-state index contributed by atoms with van der Waals surface area (Å²) in [6.07, 6.45) is 3.00. The predicted octanol–water partition coefficient (Wildman–Crippen LogP) is 0.974. The van der Waals surface area contributed by atoms with Crippen molar-refractivity contribution in [1.82, 2.24) is 5.43 Å². The standard InChI is InChI=1S/C11H11N3O2S/c12-11(17)14-13-9(10(15)16)7-6-8-4-2-1-3-5-8/h1-7H,(H,15,16)(H3,12,14,17). The van der Waals surface area contributed by atoms with E-state index >= 15 is 0 Å². The van der Waals surface area contributed by atoms with Crippen LogP contribution in [0.15, 0.2) is 41.5 Å². The Labute approximate surface area is 104 Å². The molecule has 0 aliphatic heterocycles. The Morgan fingerprint density at radius 2 is 2.06 bits per heavy atom. The number of benzene rings is 1. The van der Waals surface area contributed by atoms with Gasteiger partial charge in [0.05, 0.1) is 0 Å². The molecule has 88 valence electrons. The molecule has 0 saturated heterocycles. The number of carboxylic acids is 1. The molecule has 17 heavy (non-hydrogen) atoms. The highest BCUT2D eigenvalue weighted by Gasteiger charge is 2.04. The highest BCUT2D eigenvalue weighted by Crippen LogP contribution is 2.01. The lowest BCUT2D eigenvalue weighted by Gasteiger charge is -1.97. The lowest BCUT2D eigenvalue weighted by Crippen LogP contribution is -2.26. The van der Waals surface area contributed by atoms with E-state index in [0.717, 1.165) is 5.56 Å². The minimum Gasteiger partial charge on any atom is -0.476 e. The molecule has 0 unspecified atom stereocenters. The van der Waals surface area contributed by atoms with Crippen LogP contribution >= 0.6 is 12.2 Å². The fourth-order valence-electron chi connectivity index (χ4n) is 1.01. The average molecular weight is 249 g/mol. The largest absolute Gasteiger partial charge is 0.476 e. The van der Waals surface area contributed by atoms with E-state index in [2.05, 4.69) is 22.7 Å². The molecule has 0 bridgehead atoms. The molecule has 0 amide bonds. The third kappa shape index (κ3) is 4.89. The van der Waals surface area contributed by atoms with Crippen LogP contribution in [-0.2, 0) is 4.79 Å². The zero-order valence-electron chi connectivity index (χ0n) is 8.83. The number of hydrogen-bond acceptors (Lipinski definition) is 3. The van der Waals surface area contributed by atoms with Crippen molar-refractivity contribution in [2.24, 2.45) is 10.8 Å². The Morgan fingerprint density at radius 1 is 1.41 bits per heavy atom. The summed E-state index contributed by atoms with van der Waals surface area (Å²) in [6, 6.07) is 9.26. The number of carboxylic acid groups (broad SMARTS) is 1. The van der Waals surface area contributed by atoms with E-state index in [0.29, 0.717) is 0 Å². The first kappa shape index (κ1) is 12.9. The molecule has 0 spiro atoms. The van der Waals surface area contributed by atoms with Crippen molar-refractivity contribution in [1.29, 1.82) is 0 Å². The molecule has 0 fully saturated rings. The van der Waals surface area contributed by atoms with Crippen LogP contribution < -0.4 is 11.2 Å². The molecule has 0 atom stereocenters. The van der Waals surface area contributed by atoms with Gasteiger partial charge in [0.2, 0.25) is 0 Å². The number of aliphatic carboxylic acids is 1. The van der Waals surface area contributed by atoms with Gasteiger partial charge in [0.15, 0.2) is 10.8 Å². The second-order valence-electron chi connectivity index (χ2n) is 3.02. The maximum Gasteiger partial charge on any atom is 0.356 e. The van der Waals surface area contributed by atoms with Gasteiger partial charge in [-0.05, 0) is 23.9 Å². The van der Waals surface area contributed by atoms with E-state index in [1.54, 1.807) is 6.08 Å². The maximum atomic E-state index is 10.8. The molecular formula is C11H11N3O2S. The average Bonchev–Trinajstić information content (AvgIpc) is 2.29. The Balaban J connectivity index is 2.81. The number of rotatable bonds is 4. The highest BCUT2D eigenvalue weighted by atomic mass is 32.1. The Kier molecular flexibility index (Phi) is 4.83. The van der Waals surface area contributed by atoms with Crippen LogP contribution in [0.1, 0.15) is 5.56 Å². The second kappa shape index (κ2) is 6.39. The van der Waals surface area contributed by atoms with Gasteiger partial charge in [-0.3, -0.25) is 5.43 Å². The lowest BCUT2D eigenvalue weighted by molar-refractivity contribution is -0.129. The lowest BCUT2D eigenvalue weighted by atomic mass is 10.2. The minimum atomic E-state index is -1.17. The van der Waals surface area contributed by atoms with E-state index in [9.17, 15) is 4.79 Å². The molecule has 0 aliphatic carbocycles. The van der Waals surface area contributed by atoms with Gasteiger partial charge < -0.3 is 10.8 Å². The molecule has 4 N–H and O–H groups in total. The van der Waals surface area contributed by atoms with Crippen molar-refractivity contribution >= 4 is 35.1 Å². The first-order valence-electron chi connectivity index (χ1n) is 4.69.